The highest BCUT2D eigenvalue weighted by Gasteiger charge is 2.43. The summed E-state index contributed by atoms with van der Waals surface area (Å²) in [5.74, 6) is 0. The van der Waals surface area contributed by atoms with Gasteiger partial charge in [-0.2, -0.15) is 0 Å². The van der Waals surface area contributed by atoms with Gasteiger partial charge < -0.3 is 14.4 Å². The first-order valence-electron chi connectivity index (χ1n) is 25.0. The Kier molecular flexibility index (Phi) is 9.06. The zero-order chi connectivity index (χ0) is 47.3. The molecule has 3 nitrogen and oxygen atoms in total. The number of hydrogen-bond acceptors (Lipinski definition) is 2. The van der Waals surface area contributed by atoms with E-state index in [0.29, 0.717) is 0 Å². The highest BCUT2D eigenvalue weighted by atomic mass is 15.2. The van der Waals surface area contributed by atoms with E-state index in [1.165, 1.54) is 105 Å². The van der Waals surface area contributed by atoms with E-state index in [1.807, 2.05) is 0 Å². The van der Waals surface area contributed by atoms with Crippen molar-refractivity contribution in [2.24, 2.45) is 0 Å². The fraction of sp³-hybridized carbons (Fsp3) is 0. The summed E-state index contributed by atoms with van der Waals surface area (Å²) < 4.78 is 2.45. The third kappa shape index (κ3) is 6.06. The number of para-hydroxylation sites is 5. The lowest BCUT2D eigenvalue weighted by Crippen LogP contribution is -2.61. The molecule has 0 fully saturated rings. The van der Waals surface area contributed by atoms with E-state index in [0.717, 1.165) is 28.2 Å². The number of anilines is 6. The average molecular weight is 914 g/mol. The van der Waals surface area contributed by atoms with Crippen molar-refractivity contribution in [1.29, 1.82) is 0 Å². The van der Waals surface area contributed by atoms with Crippen LogP contribution in [0.3, 0.4) is 0 Å². The minimum atomic E-state index is -0.0189. The molecule has 0 atom stereocenters. The number of rotatable bonds is 6. The summed E-state index contributed by atoms with van der Waals surface area (Å²) in [6, 6.07) is 98.7. The standard InChI is InChI=1S/C68H44BN3/c1-4-21-45(22-5-1)66-54-31-10-12-33-56(54)67(57-34-13-11-32-55(57)66)47-24-20-23-46(41-47)48-42-64-68-65(43-48)71(50-27-8-3-9-28-50)63-44-51(72-60-36-17-14-29-52(60)53-30-15-18-37-61(53)72)39-40-59(63)69(68)58-35-16-19-38-62(58)70(64)49-25-6-2-7-26-49/h1-44H. The van der Waals surface area contributed by atoms with Gasteiger partial charge in [-0.25, -0.2) is 0 Å². The Hall–Kier alpha value is -9.38. The van der Waals surface area contributed by atoms with E-state index < -0.39 is 0 Å². The Balaban J connectivity index is 1.00. The number of aromatic nitrogens is 1. The largest absolute Gasteiger partial charge is 0.311 e. The van der Waals surface area contributed by atoms with Crippen molar-refractivity contribution in [2.45, 2.75) is 0 Å². The van der Waals surface area contributed by atoms with Crippen LogP contribution in [0.5, 0.6) is 0 Å². The van der Waals surface area contributed by atoms with Gasteiger partial charge in [0.25, 0.3) is 6.71 Å². The molecule has 2 aliphatic rings. The van der Waals surface area contributed by atoms with E-state index in [4.69, 9.17) is 0 Å². The van der Waals surface area contributed by atoms with Gasteiger partial charge in [-0.15, -0.1) is 0 Å². The molecule has 2 aliphatic heterocycles. The summed E-state index contributed by atoms with van der Waals surface area (Å²) in [4.78, 5) is 5.04. The van der Waals surface area contributed by atoms with Gasteiger partial charge in [0.05, 0.1) is 11.0 Å². The summed E-state index contributed by atoms with van der Waals surface area (Å²) >= 11 is 0. The summed E-state index contributed by atoms with van der Waals surface area (Å²) in [5, 5.41) is 7.50. The molecule has 1 aromatic heterocycles. The van der Waals surface area contributed by atoms with Crippen molar-refractivity contribution < 1.29 is 0 Å². The van der Waals surface area contributed by atoms with E-state index in [-0.39, 0.29) is 6.71 Å². The van der Waals surface area contributed by atoms with Crippen LogP contribution in [-0.4, -0.2) is 11.3 Å². The predicted octanol–water partition coefficient (Wildman–Crippen LogP) is 16.2. The van der Waals surface area contributed by atoms with Crippen LogP contribution in [0.25, 0.3) is 82.4 Å². The van der Waals surface area contributed by atoms with Crippen LogP contribution in [0.1, 0.15) is 0 Å². The molecule has 3 heterocycles. The van der Waals surface area contributed by atoms with Crippen molar-refractivity contribution in [3.05, 3.63) is 267 Å². The molecule has 0 spiro atoms. The monoisotopic (exact) mass is 913 g/mol. The SMILES string of the molecule is c1ccc(-c2c3ccccc3c(-c3cccc(-c4cc5c6c(c4)N(c4ccccc4)c4cc(-n7c8ccccc8c8ccccc87)ccc4B6c4ccccc4N5c4ccccc4)c3)c3ccccc23)cc1. The van der Waals surface area contributed by atoms with Gasteiger partial charge in [-0.3, -0.25) is 0 Å². The normalized spacial score (nSPS) is 12.6. The van der Waals surface area contributed by atoms with Gasteiger partial charge in [0.1, 0.15) is 0 Å². The second kappa shape index (κ2) is 16.1. The van der Waals surface area contributed by atoms with Gasteiger partial charge in [0.15, 0.2) is 0 Å². The Labute approximate surface area is 418 Å². The molecule has 0 bridgehead atoms. The van der Waals surface area contributed by atoms with Gasteiger partial charge in [0, 0.05) is 50.6 Å². The first kappa shape index (κ1) is 40.5. The maximum absolute atomic E-state index is 2.54. The number of benzene rings is 12. The van der Waals surface area contributed by atoms with Gasteiger partial charge in [-0.1, -0.05) is 194 Å². The lowest BCUT2D eigenvalue weighted by Gasteiger charge is -2.44. The maximum atomic E-state index is 2.54. The van der Waals surface area contributed by atoms with E-state index in [9.17, 15) is 0 Å². The first-order chi connectivity index (χ1) is 35.8. The molecular formula is C68H44BN3. The van der Waals surface area contributed by atoms with Crippen molar-refractivity contribution in [3.63, 3.8) is 0 Å². The van der Waals surface area contributed by atoms with Gasteiger partial charge in [0.2, 0.25) is 0 Å². The van der Waals surface area contributed by atoms with E-state index in [2.05, 4.69) is 281 Å². The van der Waals surface area contributed by atoms with Crippen molar-refractivity contribution in [3.8, 4) is 39.1 Å². The summed E-state index contributed by atoms with van der Waals surface area (Å²) in [5.41, 5.74) is 21.6. The van der Waals surface area contributed by atoms with E-state index >= 15 is 0 Å². The maximum Gasteiger partial charge on any atom is 0.252 e. The topological polar surface area (TPSA) is 11.4 Å². The Morgan fingerprint density at radius 3 is 1.29 bits per heavy atom. The molecule has 13 aromatic rings. The molecule has 72 heavy (non-hydrogen) atoms. The molecule has 334 valence electrons. The van der Waals surface area contributed by atoms with Gasteiger partial charge in [-0.05, 0) is 144 Å². The fourth-order valence-corrected chi connectivity index (χ4v) is 12.4. The smallest absolute Gasteiger partial charge is 0.252 e. The summed E-state index contributed by atoms with van der Waals surface area (Å²) in [7, 11) is 0. The molecule has 0 amide bonds. The fourth-order valence-electron chi connectivity index (χ4n) is 12.4. The van der Waals surface area contributed by atoms with Gasteiger partial charge >= 0.3 is 0 Å². The Morgan fingerprint density at radius 1 is 0.250 bits per heavy atom. The average Bonchev–Trinajstić information content (AvgIpc) is 3.79. The van der Waals surface area contributed by atoms with E-state index in [1.54, 1.807) is 0 Å². The zero-order valence-corrected chi connectivity index (χ0v) is 39.3. The molecule has 15 rings (SSSR count). The third-order valence-corrected chi connectivity index (χ3v) is 15.3. The number of fused-ring (bicyclic) bond motifs is 9. The van der Waals surface area contributed by atoms with Crippen molar-refractivity contribution >= 4 is 101 Å². The molecule has 0 N–H and O–H groups in total. The lowest BCUT2D eigenvalue weighted by atomic mass is 9.33. The summed E-state index contributed by atoms with van der Waals surface area (Å²) in [6.07, 6.45) is 0. The quantitative estimate of drug-likeness (QED) is 0.122. The highest BCUT2D eigenvalue weighted by molar-refractivity contribution is 7.00. The highest BCUT2D eigenvalue weighted by Crippen LogP contribution is 2.48. The molecule has 12 aromatic carbocycles. The van der Waals surface area contributed by atoms with Crippen LogP contribution >= 0.6 is 0 Å². The Bertz CT molecular complexity index is 4180. The molecule has 0 saturated heterocycles. The van der Waals surface area contributed by atoms with Crippen LogP contribution in [0.4, 0.5) is 34.1 Å². The molecule has 0 unspecified atom stereocenters. The van der Waals surface area contributed by atoms with Crippen LogP contribution < -0.4 is 26.2 Å². The molecule has 0 aliphatic carbocycles. The van der Waals surface area contributed by atoms with Crippen LogP contribution in [0, 0.1) is 0 Å². The minimum absolute atomic E-state index is 0.0189. The third-order valence-electron chi connectivity index (χ3n) is 15.3. The Morgan fingerprint density at radius 2 is 0.694 bits per heavy atom. The van der Waals surface area contributed by atoms with Crippen LogP contribution in [0.15, 0.2) is 267 Å². The van der Waals surface area contributed by atoms with Crippen LogP contribution in [-0.2, 0) is 0 Å². The zero-order valence-electron chi connectivity index (χ0n) is 39.3. The van der Waals surface area contributed by atoms with Crippen LogP contribution in [0.2, 0.25) is 0 Å². The number of nitrogens with zero attached hydrogens (tertiary/aromatic N) is 3. The minimum Gasteiger partial charge on any atom is -0.311 e. The molecular weight excluding hydrogens is 870 g/mol. The second-order valence-corrected chi connectivity index (χ2v) is 19.2. The lowest BCUT2D eigenvalue weighted by molar-refractivity contribution is 1.17. The molecule has 0 radical (unpaired) electrons. The molecule has 4 heteroatoms. The first-order valence-corrected chi connectivity index (χ1v) is 25.0. The predicted molar refractivity (Wildman–Crippen MR) is 306 cm³/mol. The number of hydrogen-bond donors (Lipinski definition) is 0. The van der Waals surface area contributed by atoms with Crippen molar-refractivity contribution in [2.75, 3.05) is 9.80 Å². The molecule has 0 saturated carbocycles. The van der Waals surface area contributed by atoms with Crippen molar-refractivity contribution in [1.82, 2.24) is 4.57 Å². The second-order valence-electron chi connectivity index (χ2n) is 19.2. The summed E-state index contributed by atoms with van der Waals surface area (Å²) in [6.45, 7) is -0.0189.